The van der Waals surface area contributed by atoms with Crippen LogP contribution in [0.4, 0.5) is 4.39 Å². The lowest BCUT2D eigenvalue weighted by Crippen LogP contribution is -2.70. The Hall–Kier alpha value is -3.37. The van der Waals surface area contributed by atoms with Crippen molar-refractivity contribution in [2.24, 2.45) is 5.16 Å². The van der Waals surface area contributed by atoms with Crippen molar-refractivity contribution < 1.29 is 30.7 Å². The maximum absolute atomic E-state index is 17.4. The summed E-state index contributed by atoms with van der Waals surface area (Å²) in [5, 5.41) is 5.86. The van der Waals surface area contributed by atoms with Crippen LogP contribution in [-0.2, 0) is 28.0 Å². The minimum atomic E-state index is -4.83. The number of hydrogen-bond donors (Lipinski definition) is 0. The van der Waals surface area contributed by atoms with E-state index in [-0.39, 0.29) is 15.1 Å². The number of hydrogen-bond acceptors (Lipinski definition) is 7. The fourth-order valence-corrected chi connectivity index (χ4v) is 18.8. The average molecular weight is 901 g/mol. The van der Waals surface area contributed by atoms with Gasteiger partial charge < -0.3 is 13.7 Å². The molecular weight excluding hydrogens is 852 g/mol. The van der Waals surface area contributed by atoms with Gasteiger partial charge in [-0.3, -0.25) is 4.18 Å². The first-order chi connectivity index (χ1) is 27.4. The summed E-state index contributed by atoms with van der Waals surface area (Å²) in [6.07, 6.45) is -4.42. The molecule has 0 radical (unpaired) electrons. The van der Waals surface area contributed by atoms with Crippen LogP contribution in [0, 0.1) is 0 Å². The van der Waals surface area contributed by atoms with Gasteiger partial charge >= 0.3 is 0 Å². The Labute approximate surface area is 359 Å². The second-order valence-electron chi connectivity index (χ2n) is 15.9. The van der Waals surface area contributed by atoms with Crippen LogP contribution < -0.4 is 20.7 Å². The summed E-state index contributed by atoms with van der Waals surface area (Å²) in [6, 6.07) is 41.2. The second kappa shape index (κ2) is 18.9. The van der Waals surface area contributed by atoms with Crippen molar-refractivity contribution >= 4 is 88.5 Å². The van der Waals surface area contributed by atoms with E-state index in [9.17, 15) is 8.42 Å². The van der Waals surface area contributed by atoms with Crippen LogP contribution in [0.25, 0.3) is 0 Å². The van der Waals surface area contributed by atoms with Crippen LogP contribution in [-0.4, -0.2) is 63.4 Å². The molecule has 0 spiro atoms. The van der Waals surface area contributed by atoms with Crippen LogP contribution in [0.5, 0.6) is 0 Å². The van der Waals surface area contributed by atoms with Gasteiger partial charge in [-0.25, -0.2) is 4.39 Å². The summed E-state index contributed by atoms with van der Waals surface area (Å²) in [6.45, 7) is 11.9. The number of nitrogens with zero attached hydrogens (tertiary/aromatic N) is 1. The smallest absolute Gasteiger partial charge is 0.298 e. The Balaban J connectivity index is 1.80. The molecular formula is C44H49Cl3FNO6SSi2. The molecule has 0 unspecified atom stereocenters. The van der Waals surface area contributed by atoms with Gasteiger partial charge in [0.1, 0.15) is 24.2 Å². The summed E-state index contributed by atoms with van der Waals surface area (Å²) >= 11 is 19.1. The Morgan fingerprint density at radius 1 is 0.655 bits per heavy atom. The van der Waals surface area contributed by atoms with Crippen molar-refractivity contribution in [3.05, 3.63) is 149 Å². The summed E-state index contributed by atoms with van der Waals surface area (Å²) in [4.78, 5) is 4.50. The highest BCUT2D eigenvalue weighted by Crippen LogP contribution is 2.41. The molecule has 5 aromatic carbocycles. The molecule has 5 rings (SSSR count). The van der Waals surface area contributed by atoms with E-state index in [4.69, 9.17) is 52.7 Å². The van der Waals surface area contributed by atoms with E-state index in [0.29, 0.717) is 0 Å². The second-order valence-corrected chi connectivity index (χ2v) is 27.2. The van der Waals surface area contributed by atoms with Crippen LogP contribution in [0.15, 0.2) is 144 Å². The summed E-state index contributed by atoms with van der Waals surface area (Å²) in [5.74, 6) is 0. The highest BCUT2D eigenvalue weighted by atomic mass is 35.5. The molecule has 3 atom stereocenters. The van der Waals surface area contributed by atoms with Crippen molar-refractivity contribution in [2.75, 3.05) is 13.7 Å². The molecule has 0 aliphatic rings. The van der Waals surface area contributed by atoms with Gasteiger partial charge in [0.25, 0.3) is 26.8 Å². The van der Waals surface area contributed by atoms with E-state index in [2.05, 4.69) is 25.9 Å². The lowest BCUT2D eigenvalue weighted by Gasteiger charge is -2.47. The van der Waals surface area contributed by atoms with Crippen molar-refractivity contribution in [3.8, 4) is 0 Å². The maximum Gasteiger partial charge on any atom is 0.298 e. The summed E-state index contributed by atoms with van der Waals surface area (Å²) < 4.78 is 67.4. The monoisotopic (exact) mass is 899 g/mol. The molecule has 0 saturated carbocycles. The third-order valence-corrected chi connectivity index (χ3v) is 22.7. The molecule has 0 aromatic heterocycles. The van der Waals surface area contributed by atoms with Crippen molar-refractivity contribution in [3.63, 3.8) is 0 Å². The molecule has 58 heavy (non-hydrogen) atoms. The third kappa shape index (κ3) is 9.64. The zero-order valence-electron chi connectivity index (χ0n) is 33.5. The maximum atomic E-state index is 17.4. The van der Waals surface area contributed by atoms with Gasteiger partial charge in [-0.15, -0.1) is 0 Å². The summed E-state index contributed by atoms with van der Waals surface area (Å²) in [5.41, 5.74) is 0. The first-order valence-corrected chi connectivity index (χ1v) is 25.1. The average Bonchev–Trinajstić information content (AvgIpc) is 3.19. The Morgan fingerprint density at radius 2 is 1.05 bits per heavy atom. The molecule has 0 fully saturated rings. The van der Waals surface area contributed by atoms with Crippen LogP contribution in [0.1, 0.15) is 41.5 Å². The number of oxime groups is 1. The van der Waals surface area contributed by atoms with Crippen molar-refractivity contribution in [2.45, 2.75) is 74.9 Å². The summed E-state index contributed by atoms with van der Waals surface area (Å²) in [7, 11) is -10.6. The van der Waals surface area contributed by atoms with Gasteiger partial charge in [0.2, 0.25) is 0 Å². The highest BCUT2D eigenvalue weighted by Gasteiger charge is 2.55. The van der Waals surface area contributed by atoms with Gasteiger partial charge in [-0.1, -0.05) is 203 Å². The first-order valence-electron chi connectivity index (χ1n) is 18.7. The van der Waals surface area contributed by atoms with Gasteiger partial charge in [0.15, 0.2) is 6.17 Å². The van der Waals surface area contributed by atoms with Crippen LogP contribution in [0.3, 0.4) is 0 Å². The third-order valence-electron chi connectivity index (χ3n) is 10.1. The SMILES string of the molecule is CON=C[C@@H](F)[C@H](O[Si](c1ccccc1)(c1ccccc1)C(C)(C)C)[C@@H](CO[Si](c1ccccc1)(c1ccccc1)C(C)(C)C)OS(=O)(=O)c1cc(Cl)c(Cl)cc1Cl. The molecule has 5 aromatic rings. The fraction of sp³-hybridized carbons (Fsp3) is 0.295. The molecule has 0 saturated heterocycles. The molecule has 0 aliphatic carbocycles. The zero-order chi connectivity index (χ0) is 42.4. The quantitative estimate of drug-likeness (QED) is 0.0323. The van der Waals surface area contributed by atoms with E-state index in [1.165, 1.54) is 13.2 Å². The van der Waals surface area contributed by atoms with Gasteiger partial charge in [0.05, 0.1) is 27.9 Å². The molecule has 0 bridgehead atoms. The largest absolute Gasteiger partial charge is 0.405 e. The van der Waals surface area contributed by atoms with E-state index in [0.717, 1.165) is 33.0 Å². The van der Waals surface area contributed by atoms with E-state index >= 15 is 4.39 Å². The van der Waals surface area contributed by atoms with Crippen LogP contribution in [0.2, 0.25) is 25.1 Å². The van der Waals surface area contributed by atoms with E-state index < -0.39 is 66.7 Å². The topological polar surface area (TPSA) is 83.4 Å². The molecule has 0 aliphatic heterocycles. The van der Waals surface area contributed by atoms with Gasteiger partial charge in [0, 0.05) is 0 Å². The van der Waals surface area contributed by atoms with Gasteiger partial charge in [-0.05, 0) is 43.0 Å². The number of halogens is 4. The predicted octanol–water partition coefficient (Wildman–Crippen LogP) is 9.21. The number of alkyl halides is 1. The van der Waals surface area contributed by atoms with Crippen molar-refractivity contribution in [1.29, 1.82) is 0 Å². The Bertz CT molecular complexity index is 2170. The van der Waals surface area contributed by atoms with Crippen LogP contribution >= 0.6 is 34.8 Å². The molecule has 0 amide bonds. The minimum absolute atomic E-state index is 0.0460. The first kappa shape index (κ1) is 45.7. The number of benzene rings is 5. The minimum Gasteiger partial charge on any atom is -0.405 e. The Kier molecular flexibility index (Phi) is 14.9. The zero-order valence-corrected chi connectivity index (χ0v) is 38.6. The van der Waals surface area contributed by atoms with Crippen molar-refractivity contribution in [1.82, 2.24) is 0 Å². The van der Waals surface area contributed by atoms with E-state index in [1.807, 2.05) is 142 Å². The van der Waals surface area contributed by atoms with E-state index in [1.54, 1.807) is 0 Å². The number of rotatable bonds is 16. The molecule has 0 heterocycles. The lowest BCUT2D eigenvalue weighted by molar-refractivity contribution is -0.00618. The molecule has 0 N–H and O–H groups in total. The van der Waals surface area contributed by atoms with Gasteiger partial charge in [-0.2, -0.15) is 8.42 Å². The highest BCUT2D eigenvalue weighted by molar-refractivity contribution is 7.87. The molecule has 14 heteroatoms. The fourth-order valence-electron chi connectivity index (χ4n) is 7.50. The normalized spacial score (nSPS) is 14.6. The molecule has 308 valence electrons. The Morgan fingerprint density at radius 3 is 1.45 bits per heavy atom. The molecule has 7 nitrogen and oxygen atoms in total. The lowest BCUT2D eigenvalue weighted by atomic mass is 10.1. The standard InChI is InChI=1S/C44H49Cl3FNO6SSi2/c1-43(2,3)57(32-20-12-8-13-21-32,33-22-14-9-15-23-33)53-31-40(54-56(50,51)41-29-37(46)36(45)28-38(41)47)42(39(48)30-49-52-7)55-58(44(4,5)6,34-24-16-10-17-25-34)35-26-18-11-19-27-35/h8-30,39-40,42H,31H2,1-7H3/t39-,40-,42+/m1/s1. The predicted molar refractivity (Wildman–Crippen MR) is 240 cm³/mol.